The molecule has 1 fully saturated rings. The second-order valence-electron chi connectivity index (χ2n) is 10.2. The fourth-order valence-electron chi connectivity index (χ4n) is 4.09. The molecule has 1 N–H and O–H groups in total. The molecule has 2 aromatic rings. The van der Waals surface area contributed by atoms with Crippen LogP contribution in [0.25, 0.3) is 0 Å². The topological polar surface area (TPSA) is 94.2 Å². The minimum absolute atomic E-state index is 0.0211. The lowest BCUT2D eigenvalue weighted by atomic mass is 10.1. The van der Waals surface area contributed by atoms with E-state index in [1.165, 1.54) is 12.1 Å². The molecule has 8 nitrogen and oxygen atoms in total. The number of nitrogens with one attached hydrogen (secondary N) is 1. The molecule has 1 atom stereocenters. The van der Waals surface area contributed by atoms with Gasteiger partial charge in [-0.3, -0.25) is 9.69 Å². The normalized spacial score (nSPS) is 15.5. The fraction of sp³-hybridized carbons (Fsp3) is 0.481. The van der Waals surface area contributed by atoms with Gasteiger partial charge in [-0.05, 0) is 80.8 Å². The SMILES string of the molecule is CC[S+]([O-])c1ccc(Cl)cc1CNC(=O)c1cc(CN2CCN(C(=O)OC(C)(C)C)CC2)cc(OC(F)(F)F)c1. The lowest BCUT2D eigenvalue weighted by Gasteiger charge is -2.35. The Bertz CT molecular complexity index is 1200. The summed E-state index contributed by atoms with van der Waals surface area (Å²) in [4.78, 5) is 29.4. The second-order valence-corrected chi connectivity index (χ2v) is 12.4. The van der Waals surface area contributed by atoms with E-state index in [0.717, 1.165) is 6.07 Å². The molecule has 1 aliphatic heterocycles. The van der Waals surface area contributed by atoms with Gasteiger partial charge in [0.1, 0.15) is 17.1 Å². The number of benzene rings is 2. The highest BCUT2D eigenvalue weighted by molar-refractivity contribution is 7.91. The summed E-state index contributed by atoms with van der Waals surface area (Å²) in [6, 6.07) is 8.59. The molecule has 0 aliphatic carbocycles. The fourth-order valence-corrected chi connectivity index (χ4v) is 5.24. The Morgan fingerprint density at radius 2 is 1.75 bits per heavy atom. The van der Waals surface area contributed by atoms with Gasteiger partial charge in [0, 0.05) is 55.4 Å². The molecule has 1 unspecified atom stereocenters. The van der Waals surface area contributed by atoms with Crippen molar-refractivity contribution in [2.45, 2.75) is 57.6 Å². The van der Waals surface area contributed by atoms with Crippen LogP contribution in [0.2, 0.25) is 5.02 Å². The molecule has 0 saturated carbocycles. The van der Waals surface area contributed by atoms with Crippen LogP contribution in [0.15, 0.2) is 41.3 Å². The first kappa shape index (κ1) is 31.9. The zero-order chi connectivity index (χ0) is 29.7. The van der Waals surface area contributed by atoms with E-state index in [1.807, 2.05) is 4.90 Å². The summed E-state index contributed by atoms with van der Waals surface area (Å²) >= 11 is 4.78. The van der Waals surface area contributed by atoms with Crippen LogP contribution in [0, 0.1) is 0 Å². The maximum Gasteiger partial charge on any atom is 0.573 e. The third-order valence-electron chi connectivity index (χ3n) is 5.86. The van der Waals surface area contributed by atoms with Crippen molar-refractivity contribution in [2.24, 2.45) is 0 Å². The molecule has 13 heteroatoms. The summed E-state index contributed by atoms with van der Waals surface area (Å²) in [7, 11) is 0. The molecule has 0 bridgehead atoms. The van der Waals surface area contributed by atoms with Crippen LogP contribution in [0.1, 0.15) is 49.2 Å². The Hall–Kier alpha value is -2.67. The first-order chi connectivity index (χ1) is 18.6. The molecule has 1 heterocycles. The van der Waals surface area contributed by atoms with Gasteiger partial charge in [0.15, 0.2) is 4.90 Å². The Labute approximate surface area is 239 Å². The number of carbonyl (C=O) groups is 2. The molecule has 2 aromatic carbocycles. The maximum atomic E-state index is 13.0. The predicted octanol–water partition coefficient (Wildman–Crippen LogP) is 5.35. The standard InChI is InChI=1S/C27H33ClF3N3O5S/c1-5-40(37)23-7-6-21(28)14-20(23)16-32-24(35)19-12-18(13-22(15-19)38-27(29,30)31)17-33-8-10-34(11-9-33)25(36)39-26(2,3)4/h6-7,12-15H,5,8-11,16-17H2,1-4H3,(H,32,35). The van der Waals surface area contributed by atoms with E-state index in [4.69, 9.17) is 16.3 Å². The number of nitrogens with zero attached hydrogens (tertiary/aromatic N) is 2. The highest BCUT2D eigenvalue weighted by Crippen LogP contribution is 2.27. The molecule has 0 radical (unpaired) electrons. The van der Waals surface area contributed by atoms with Crippen LogP contribution in [0.5, 0.6) is 5.75 Å². The van der Waals surface area contributed by atoms with Crippen molar-refractivity contribution >= 4 is 34.8 Å². The average Bonchev–Trinajstić information content (AvgIpc) is 2.85. The van der Waals surface area contributed by atoms with Crippen molar-refractivity contribution in [3.05, 3.63) is 58.1 Å². The van der Waals surface area contributed by atoms with E-state index < -0.39 is 40.9 Å². The summed E-state index contributed by atoms with van der Waals surface area (Å²) in [5, 5.41) is 3.08. The summed E-state index contributed by atoms with van der Waals surface area (Å²) in [5.74, 6) is -0.774. The van der Waals surface area contributed by atoms with Crippen molar-refractivity contribution in [1.82, 2.24) is 15.1 Å². The number of piperazine rings is 1. The quantitative estimate of drug-likeness (QED) is 0.409. The summed E-state index contributed by atoms with van der Waals surface area (Å²) in [6.07, 6.45) is -5.36. The third-order valence-corrected chi connectivity index (χ3v) is 7.51. The maximum absolute atomic E-state index is 13.0. The smallest absolute Gasteiger partial charge is 0.573 e. The zero-order valence-electron chi connectivity index (χ0n) is 22.8. The Morgan fingerprint density at radius 3 is 2.35 bits per heavy atom. The Kier molecular flexibility index (Phi) is 10.6. The number of halogens is 4. The Morgan fingerprint density at radius 1 is 1.07 bits per heavy atom. The largest absolute Gasteiger partial charge is 0.611 e. The van der Waals surface area contributed by atoms with Gasteiger partial charge in [0.25, 0.3) is 5.91 Å². The van der Waals surface area contributed by atoms with Gasteiger partial charge in [0.05, 0.1) is 0 Å². The van der Waals surface area contributed by atoms with Crippen LogP contribution < -0.4 is 10.1 Å². The van der Waals surface area contributed by atoms with Crippen molar-refractivity contribution in [3.63, 3.8) is 0 Å². The third kappa shape index (κ3) is 9.76. The van der Waals surface area contributed by atoms with Gasteiger partial charge < -0.3 is 24.2 Å². The molecular formula is C27H33ClF3N3O5S. The van der Waals surface area contributed by atoms with E-state index in [0.29, 0.717) is 53.0 Å². The van der Waals surface area contributed by atoms with Crippen LogP contribution in [0.4, 0.5) is 18.0 Å². The van der Waals surface area contributed by atoms with Gasteiger partial charge >= 0.3 is 12.5 Å². The Balaban J connectivity index is 1.73. The molecule has 40 heavy (non-hydrogen) atoms. The molecule has 220 valence electrons. The number of alkyl halides is 3. The summed E-state index contributed by atoms with van der Waals surface area (Å²) in [6.45, 7) is 9.05. The average molecular weight is 604 g/mol. The van der Waals surface area contributed by atoms with Gasteiger partial charge in [-0.2, -0.15) is 0 Å². The first-order valence-electron chi connectivity index (χ1n) is 12.7. The van der Waals surface area contributed by atoms with E-state index in [-0.39, 0.29) is 18.7 Å². The summed E-state index contributed by atoms with van der Waals surface area (Å²) < 4.78 is 61.0. The number of hydrogen-bond donors (Lipinski definition) is 1. The van der Waals surface area contributed by atoms with E-state index in [2.05, 4.69) is 10.1 Å². The first-order valence-corrected chi connectivity index (χ1v) is 14.4. The molecule has 2 amide bonds. The van der Waals surface area contributed by atoms with Gasteiger partial charge in [-0.15, -0.1) is 13.2 Å². The highest BCUT2D eigenvalue weighted by Gasteiger charge is 2.32. The molecule has 1 saturated heterocycles. The van der Waals surface area contributed by atoms with Crippen molar-refractivity contribution in [3.8, 4) is 5.75 Å². The van der Waals surface area contributed by atoms with Crippen LogP contribution in [-0.4, -0.2) is 70.2 Å². The lowest BCUT2D eigenvalue weighted by Crippen LogP contribution is -2.49. The van der Waals surface area contributed by atoms with E-state index in [1.54, 1.807) is 50.8 Å². The van der Waals surface area contributed by atoms with Crippen molar-refractivity contribution in [2.75, 3.05) is 31.9 Å². The highest BCUT2D eigenvalue weighted by atomic mass is 35.5. The predicted molar refractivity (Wildman–Crippen MR) is 146 cm³/mol. The second kappa shape index (κ2) is 13.3. The minimum Gasteiger partial charge on any atom is -0.611 e. The number of carbonyl (C=O) groups excluding carboxylic acids is 2. The molecule has 0 spiro atoms. The summed E-state index contributed by atoms with van der Waals surface area (Å²) in [5.41, 5.74) is 0.343. The van der Waals surface area contributed by atoms with Crippen LogP contribution >= 0.6 is 11.6 Å². The van der Waals surface area contributed by atoms with Crippen molar-refractivity contribution in [1.29, 1.82) is 0 Å². The van der Waals surface area contributed by atoms with Gasteiger partial charge in [-0.25, -0.2) is 4.79 Å². The lowest BCUT2D eigenvalue weighted by molar-refractivity contribution is -0.274. The monoisotopic (exact) mass is 603 g/mol. The minimum atomic E-state index is -4.94. The molecular weight excluding hydrogens is 571 g/mol. The number of ether oxygens (including phenoxy) is 2. The van der Waals surface area contributed by atoms with Gasteiger partial charge in [-0.1, -0.05) is 11.6 Å². The molecule has 1 aliphatic rings. The van der Waals surface area contributed by atoms with Gasteiger partial charge in [0.2, 0.25) is 0 Å². The van der Waals surface area contributed by atoms with Crippen molar-refractivity contribution < 1.29 is 36.8 Å². The van der Waals surface area contributed by atoms with Crippen LogP contribution in [-0.2, 0) is 29.0 Å². The molecule has 3 rings (SSSR count). The zero-order valence-corrected chi connectivity index (χ0v) is 24.3. The number of rotatable bonds is 8. The van der Waals surface area contributed by atoms with E-state index >= 15 is 0 Å². The number of amides is 2. The van der Waals surface area contributed by atoms with Crippen LogP contribution in [0.3, 0.4) is 0 Å². The molecule has 0 aromatic heterocycles. The van der Waals surface area contributed by atoms with E-state index in [9.17, 15) is 27.3 Å². The number of hydrogen-bond acceptors (Lipinski definition) is 6.